The summed E-state index contributed by atoms with van der Waals surface area (Å²) in [5, 5.41) is 5.02. The highest BCUT2D eigenvalue weighted by atomic mass is 35.5. The van der Waals surface area contributed by atoms with Gasteiger partial charge in [0.25, 0.3) is 0 Å². The lowest BCUT2D eigenvalue weighted by molar-refractivity contribution is 0.751. The van der Waals surface area contributed by atoms with Gasteiger partial charge in [0, 0.05) is 12.3 Å². The van der Waals surface area contributed by atoms with Crippen LogP contribution in [0.1, 0.15) is 10.9 Å². The molecule has 1 heterocycles. The van der Waals surface area contributed by atoms with Gasteiger partial charge in [0.15, 0.2) is 0 Å². The van der Waals surface area contributed by atoms with Crippen molar-refractivity contribution in [3.8, 4) is 0 Å². The molecule has 2 rings (SSSR count). The van der Waals surface area contributed by atoms with E-state index in [1.807, 2.05) is 30.0 Å². The summed E-state index contributed by atoms with van der Waals surface area (Å²) in [6, 6.07) is 5.80. The molecular formula is C9H9Cl2NS. The zero-order valence-electron chi connectivity index (χ0n) is 6.89. The summed E-state index contributed by atoms with van der Waals surface area (Å²) in [4.78, 5) is 0. The van der Waals surface area contributed by atoms with Gasteiger partial charge in [-0.15, -0.1) is 11.8 Å². The van der Waals surface area contributed by atoms with Gasteiger partial charge in [0.2, 0.25) is 0 Å². The molecule has 1 N–H and O–H groups in total. The Morgan fingerprint density at radius 3 is 2.77 bits per heavy atom. The molecule has 1 nitrogen and oxygen atoms in total. The lowest BCUT2D eigenvalue weighted by Gasteiger charge is -2.10. The minimum Gasteiger partial charge on any atom is -0.301 e. The molecule has 0 aromatic heterocycles. The Kier molecular flexibility index (Phi) is 3.04. The summed E-state index contributed by atoms with van der Waals surface area (Å²) >= 11 is 13.6. The second-order valence-corrected chi connectivity index (χ2v) is 4.91. The van der Waals surface area contributed by atoms with Crippen molar-refractivity contribution in [3.63, 3.8) is 0 Å². The van der Waals surface area contributed by atoms with Crippen molar-refractivity contribution in [2.24, 2.45) is 0 Å². The molecule has 0 bridgehead atoms. The molecule has 0 amide bonds. The van der Waals surface area contributed by atoms with Gasteiger partial charge in [-0.05, 0) is 17.7 Å². The Bertz CT molecular complexity index is 310. The van der Waals surface area contributed by atoms with Crippen LogP contribution in [0.5, 0.6) is 0 Å². The van der Waals surface area contributed by atoms with E-state index in [9.17, 15) is 0 Å². The molecule has 70 valence electrons. The highest BCUT2D eigenvalue weighted by molar-refractivity contribution is 7.99. The van der Waals surface area contributed by atoms with Crippen LogP contribution in [-0.2, 0) is 0 Å². The van der Waals surface area contributed by atoms with Crippen LogP contribution in [0.2, 0.25) is 10.0 Å². The van der Waals surface area contributed by atoms with E-state index in [-0.39, 0.29) is 0 Å². The quantitative estimate of drug-likeness (QED) is 0.799. The van der Waals surface area contributed by atoms with Gasteiger partial charge >= 0.3 is 0 Å². The van der Waals surface area contributed by atoms with Crippen LogP contribution >= 0.6 is 35.0 Å². The maximum Gasteiger partial charge on any atom is 0.0790 e. The molecule has 0 radical (unpaired) electrons. The Balaban J connectivity index is 2.25. The molecule has 1 aliphatic rings. The first-order chi connectivity index (χ1) is 6.27. The van der Waals surface area contributed by atoms with Crippen molar-refractivity contribution in [3.05, 3.63) is 33.8 Å². The van der Waals surface area contributed by atoms with Gasteiger partial charge < -0.3 is 5.32 Å². The lowest BCUT2D eigenvalue weighted by atomic mass is 10.2. The SMILES string of the molecule is Clc1ccc(C2NCCS2)cc1Cl. The van der Waals surface area contributed by atoms with E-state index in [2.05, 4.69) is 5.32 Å². The average molecular weight is 234 g/mol. The molecule has 1 aromatic carbocycles. The zero-order chi connectivity index (χ0) is 9.26. The highest BCUT2D eigenvalue weighted by Gasteiger charge is 2.16. The summed E-state index contributed by atoms with van der Waals surface area (Å²) in [5.74, 6) is 1.16. The van der Waals surface area contributed by atoms with E-state index >= 15 is 0 Å². The molecule has 1 saturated heterocycles. The van der Waals surface area contributed by atoms with Crippen molar-refractivity contribution in [2.75, 3.05) is 12.3 Å². The first kappa shape index (κ1) is 9.66. The van der Waals surface area contributed by atoms with Crippen LogP contribution in [0.15, 0.2) is 18.2 Å². The molecule has 1 aromatic rings. The first-order valence-electron chi connectivity index (χ1n) is 4.07. The van der Waals surface area contributed by atoms with Crippen LogP contribution in [0, 0.1) is 0 Å². The fourth-order valence-electron chi connectivity index (χ4n) is 1.32. The van der Waals surface area contributed by atoms with Crippen molar-refractivity contribution in [1.29, 1.82) is 0 Å². The van der Waals surface area contributed by atoms with Gasteiger partial charge in [-0.1, -0.05) is 29.3 Å². The van der Waals surface area contributed by atoms with Gasteiger partial charge in [0.05, 0.1) is 15.4 Å². The van der Waals surface area contributed by atoms with Crippen LogP contribution < -0.4 is 5.32 Å². The van der Waals surface area contributed by atoms with Crippen molar-refractivity contribution in [2.45, 2.75) is 5.37 Å². The molecule has 13 heavy (non-hydrogen) atoms. The molecule has 0 spiro atoms. The van der Waals surface area contributed by atoms with E-state index in [4.69, 9.17) is 23.2 Å². The third-order valence-electron chi connectivity index (χ3n) is 1.96. The number of thioether (sulfide) groups is 1. The van der Waals surface area contributed by atoms with E-state index in [1.165, 1.54) is 5.56 Å². The summed E-state index contributed by atoms with van der Waals surface area (Å²) < 4.78 is 0. The largest absolute Gasteiger partial charge is 0.301 e. The summed E-state index contributed by atoms with van der Waals surface area (Å²) in [6.07, 6.45) is 0. The second-order valence-electron chi connectivity index (χ2n) is 2.88. The second kappa shape index (κ2) is 4.09. The number of rotatable bonds is 1. The molecular weight excluding hydrogens is 225 g/mol. The fraction of sp³-hybridized carbons (Fsp3) is 0.333. The first-order valence-corrected chi connectivity index (χ1v) is 5.88. The van der Waals surface area contributed by atoms with E-state index in [1.54, 1.807) is 0 Å². The predicted molar refractivity (Wildman–Crippen MR) is 59.7 cm³/mol. The Labute approximate surface area is 91.8 Å². The predicted octanol–water partition coefficient (Wildman–Crippen LogP) is 3.33. The third kappa shape index (κ3) is 2.13. The monoisotopic (exact) mass is 233 g/mol. The van der Waals surface area contributed by atoms with Gasteiger partial charge in [-0.2, -0.15) is 0 Å². The highest BCUT2D eigenvalue weighted by Crippen LogP contribution is 2.33. The summed E-state index contributed by atoms with van der Waals surface area (Å²) in [5.41, 5.74) is 1.21. The lowest BCUT2D eigenvalue weighted by Crippen LogP contribution is -2.11. The van der Waals surface area contributed by atoms with Crippen molar-refractivity contribution < 1.29 is 0 Å². The third-order valence-corrected chi connectivity index (χ3v) is 3.91. The van der Waals surface area contributed by atoms with Crippen LogP contribution in [0.3, 0.4) is 0 Å². The molecule has 0 aliphatic carbocycles. The van der Waals surface area contributed by atoms with Crippen molar-refractivity contribution >= 4 is 35.0 Å². The van der Waals surface area contributed by atoms with Crippen LogP contribution in [-0.4, -0.2) is 12.3 Å². The summed E-state index contributed by atoms with van der Waals surface area (Å²) in [6.45, 7) is 1.07. The van der Waals surface area contributed by atoms with E-state index in [0.29, 0.717) is 15.4 Å². The molecule has 4 heteroatoms. The number of halogens is 2. The maximum absolute atomic E-state index is 5.92. The van der Waals surface area contributed by atoms with Gasteiger partial charge in [-0.3, -0.25) is 0 Å². The number of hydrogen-bond acceptors (Lipinski definition) is 2. The maximum atomic E-state index is 5.92. The molecule has 1 atom stereocenters. The topological polar surface area (TPSA) is 12.0 Å². The summed E-state index contributed by atoms with van der Waals surface area (Å²) in [7, 11) is 0. The average Bonchev–Trinajstić information content (AvgIpc) is 2.62. The van der Waals surface area contributed by atoms with E-state index < -0.39 is 0 Å². The molecule has 1 aliphatic heterocycles. The van der Waals surface area contributed by atoms with Crippen LogP contribution in [0.25, 0.3) is 0 Å². The normalized spacial score (nSPS) is 22.2. The van der Waals surface area contributed by atoms with Gasteiger partial charge in [0.1, 0.15) is 0 Å². The molecule has 0 saturated carbocycles. The molecule has 1 unspecified atom stereocenters. The minimum absolute atomic E-state index is 0.384. The number of hydrogen-bond donors (Lipinski definition) is 1. The fourth-order valence-corrected chi connectivity index (χ4v) is 2.67. The Morgan fingerprint density at radius 1 is 1.31 bits per heavy atom. The Morgan fingerprint density at radius 2 is 2.15 bits per heavy atom. The number of benzene rings is 1. The minimum atomic E-state index is 0.384. The van der Waals surface area contributed by atoms with Gasteiger partial charge in [-0.25, -0.2) is 0 Å². The van der Waals surface area contributed by atoms with Crippen molar-refractivity contribution in [1.82, 2.24) is 5.32 Å². The standard InChI is InChI=1S/C9H9Cl2NS/c10-7-2-1-6(5-8(7)11)9-12-3-4-13-9/h1-2,5,9,12H,3-4H2. The smallest absolute Gasteiger partial charge is 0.0790 e. The zero-order valence-corrected chi connectivity index (χ0v) is 9.22. The number of nitrogens with one attached hydrogen (secondary N) is 1. The van der Waals surface area contributed by atoms with Crippen LogP contribution in [0.4, 0.5) is 0 Å². The van der Waals surface area contributed by atoms with E-state index in [0.717, 1.165) is 12.3 Å². The molecule has 1 fully saturated rings. The Hall–Kier alpha value is 0.110.